The van der Waals surface area contributed by atoms with Crippen molar-refractivity contribution in [2.75, 3.05) is 64.7 Å². The lowest BCUT2D eigenvalue weighted by atomic mass is 9.47. The molecule has 4 aliphatic carbocycles. The number of nitrogens with one attached hydrogen (secondary N) is 1. The van der Waals surface area contributed by atoms with Crippen LogP contribution in [-0.2, 0) is 33.3 Å². The van der Waals surface area contributed by atoms with Gasteiger partial charge in [-0.05, 0) is 91.3 Å². The lowest BCUT2D eigenvalue weighted by molar-refractivity contribution is -0.152. The number of fused-ring (bicyclic) bond motifs is 5. The zero-order valence-electron chi connectivity index (χ0n) is 31.4. The molecule has 4 aliphatic rings. The molecule has 4 rings (SSSR count). The Morgan fingerprint density at radius 3 is 2.20 bits per heavy atom. The van der Waals surface area contributed by atoms with Crippen molar-refractivity contribution in [3.8, 4) is 0 Å². The molecule has 8 atom stereocenters. The molecule has 0 aromatic heterocycles. The van der Waals surface area contributed by atoms with Gasteiger partial charge in [-0.2, -0.15) is 0 Å². The molecule has 3 fully saturated rings. The van der Waals surface area contributed by atoms with Crippen LogP contribution in [0.4, 0.5) is 0 Å². The van der Waals surface area contributed by atoms with Crippen LogP contribution in [0.5, 0.6) is 0 Å². The highest BCUT2D eigenvalue weighted by Gasteiger charge is 2.59. The number of hydrogen-bond donors (Lipinski definition) is 1. The topological polar surface area (TPSA) is 92.3 Å². The molecule has 0 saturated heterocycles. The Balaban J connectivity index is 1.07. The zero-order valence-corrected chi connectivity index (χ0v) is 33.0. The van der Waals surface area contributed by atoms with Gasteiger partial charge in [0.05, 0.1) is 64.6 Å². The van der Waals surface area contributed by atoms with Crippen LogP contribution in [-0.4, -0.2) is 82.7 Å². The van der Waals surface area contributed by atoms with E-state index < -0.39 is 0 Å². The second kappa shape index (κ2) is 20.3. The molecule has 3 saturated carbocycles. The van der Waals surface area contributed by atoms with Crippen molar-refractivity contribution in [1.82, 2.24) is 5.32 Å². The second-order valence-electron chi connectivity index (χ2n) is 16.3. The lowest BCUT2D eigenvalue weighted by Crippen LogP contribution is -2.51. The highest BCUT2D eigenvalue weighted by atomic mass is 79.9. The number of allylic oxidation sites excluding steroid dienone is 1. The number of rotatable bonds is 22. The van der Waals surface area contributed by atoms with E-state index in [1.807, 2.05) is 0 Å². The van der Waals surface area contributed by atoms with E-state index in [0.717, 1.165) is 54.8 Å². The molecular formula is C40H68BrNO7. The van der Waals surface area contributed by atoms with E-state index in [0.29, 0.717) is 70.1 Å². The predicted octanol–water partition coefficient (Wildman–Crippen LogP) is 7.91. The maximum absolute atomic E-state index is 12.7. The van der Waals surface area contributed by atoms with Gasteiger partial charge in [0.25, 0.3) is 0 Å². The first kappa shape index (κ1) is 40.8. The predicted molar refractivity (Wildman–Crippen MR) is 198 cm³/mol. The maximum Gasteiger partial charge on any atom is 0.308 e. The van der Waals surface area contributed by atoms with E-state index in [1.165, 1.54) is 51.4 Å². The van der Waals surface area contributed by atoms with Crippen molar-refractivity contribution in [3.63, 3.8) is 0 Å². The number of carbonyl (C=O) groups excluding carboxylic acids is 2. The van der Waals surface area contributed by atoms with E-state index in [4.69, 9.17) is 23.7 Å². The van der Waals surface area contributed by atoms with Gasteiger partial charge in [-0.15, -0.1) is 0 Å². The number of hydrogen-bond acceptors (Lipinski definition) is 7. The van der Waals surface area contributed by atoms with E-state index >= 15 is 0 Å². The summed E-state index contributed by atoms with van der Waals surface area (Å²) >= 11 is 3.10. The van der Waals surface area contributed by atoms with Gasteiger partial charge in [-0.3, -0.25) is 9.59 Å². The van der Waals surface area contributed by atoms with Crippen molar-refractivity contribution in [1.29, 1.82) is 0 Å². The third-order valence-electron chi connectivity index (χ3n) is 12.8. The molecule has 0 bridgehead atoms. The molecule has 0 radical (unpaired) electrons. The largest absolute Gasteiger partial charge is 0.462 e. The Kier molecular flexibility index (Phi) is 16.9. The van der Waals surface area contributed by atoms with Crippen LogP contribution in [0, 0.1) is 46.3 Å². The van der Waals surface area contributed by atoms with E-state index in [-0.39, 0.29) is 29.8 Å². The Morgan fingerprint density at radius 2 is 1.53 bits per heavy atom. The van der Waals surface area contributed by atoms with E-state index in [2.05, 4.69) is 61.9 Å². The molecule has 1 amide bonds. The van der Waals surface area contributed by atoms with Gasteiger partial charge in [-0.25, -0.2) is 0 Å². The first-order valence-corrected chi connectivity index (χ1v) is 20.7. The van der Waals surface area contributed by atoms with Crippen molar-refractivity contribution >= 4 is 27.8 Å². The Bertz CT molecular complexity index is 1050. The van der Waals surface area contributed by atoms with Crippen LogP contribution in [0.15, 0.2) is 11.6 Å². The maximum atomic E-state index is 12.7. The van der Waals surface area contributed by atoms with Gasteiger partial charge >= 0.3 is 5.97 Å². The van der Waals surface area contributed by atoms with Crippen LogP contribution in [0.1, 0.15) is 112 Å². The molecule has 1 N–H and O–H groups in total. The molecular weight excluding hydrogens is 686 g/mol. The molecule has 0 aromatic carbocycles. The molecule has 9 heteroatoms. The zero-order chi connectivity index (χ0) is 35.3. The summed E-state index contributed by atoms with van der Waals surface area (Å²) in [5, 5.41) is 3.02. The summed E-state index contributed by atoms with van der Waals surface area (Å²) in [6.07, 6.45) is 16.9. The molecule has 0 aromatic rings. The number of ether oxygens (including phenoxy) is 5. The number of esters is 1. The SMILES string of the molecule is CC(C)CCC[C@@H](C)C1CC[C@H]2[C@@H]3CC=C4CC(OC(=O)CCOCCOCCOCCOCCNC(=O)CBr)CC[C@]4(C)[C@H]3CC[C@]12C. The highest BCUT2D eigenvalue weighted by molar-refractivity contribution is 9.09. The third kappa shape index (κ3) is 11.5. The normalized spacial score (nSPS) is 31.4. The minimum Gasteiger partial charge on any atom is -0.462 e. The Morgan fingerprint density at radius 1 is 0.857 bits per heavy atom. The quantitative estimate of drug-likeness (QED) is 0.0520. The molecule has 0 aliphatic heterocycles. The fourth-order valence-electron chi connectivity index (χ4n) is 10.2. The molecule has 49 heavy (non-hydrogen) atoms. The fraction of sp³-hybridized carbons (Fsp3) is 0.900. The smallest absolute Gasteiger partial charge is 0.308 e. The summed E-state index contributed by atoms with van der Waals surface area (Å²) in [4.78, 5) is 23.8. The molecule has 282 valence electrons. The monoisotopic (exact) mass is 753 g/mol. The average Bonchev–Trinajstić information content (AvgIpc) is 3.43. The Hall–Kier alpha value is -1.00. The van der Waals surface area contributed by atoms with E-state index in [1.54, 1.807) is 5.57 Å². The number of carbonyl (C=O) groups is 2. The highest BCUT2D eigenvalue weighted by Crippen LogP contribution is 2.67. The molecule has 0 heterocycles. The minimum atomic E-state index is -0.155. The van der Waals surface area contributed by atoms with Gasteiger partial charge in [-0.1, -0.05) is 81.5 Å². The Labute approximate surface area is 306 Å². The minimum absolute atomic E-state index is 0.00592. The van der Waals surface area contributed by atoms with Gasteiger partial charge < -0.3 is 29.0 Å². The second-order valence-corrected chi connectivity index (χ2v) is 16.9. The summed E-state index contributed by atoms with van der Waals surface area (Å²) < 4.78 is 28.0. The summed E-state index contributed by atoms with van der Waals surface area (Å²) in [6, 6.07) is 0. The summed E-state index contributed by atoms with van der Waals surface area (Å²) in [5.41, 5.74) is 2.35. The molecule has 2 unspecified atom stereocenters. The number of amides is 1. The number of halogens is 1. The van der Waals surface area contributed by atoms with Crippen LogP contribution in [0.25, 0.3) is 0 Å². The van der Waals surface area contributed by atoms with Crippen molar-refractivity contribution < 1.29 is 33.3 Å². The summed E-state index contributed by atoms with van der Waals surface area (Å²) in [7, 11) is 0. The third-order valence-corrected chi connectivity index (χ3v) is 13.3. The summed E-state index contributed by atoms with van der Waals surface area (Å²) in [6.45, 7) is 16.6. The molecule has 0 spiro atoms. The number of alkyl halides is 1. The van der Waals surface area contributed by atoms with Crippen LogP contribution >= 0.6 is 15.9 Å². The van der Waals surface area contributed by atoms with Crippen LogP contribution in [0.3, 0.4) is 0 Å². The fourth-order valence-corrected chi connectivity index (χ4v) is 10.4. The van der Waals surface area contributed by atoms with Crippen molar-refractivity contribution in [2.24, 2.45) is 46.3 Å². The first-order chi connectivity index (χ1) is 23.6. The summed E-state index contributed by atoms with van der Waals surface area (Å²) in [5.74, 6) is 4.83. The van der Waals surface area contributed by atoms with Gasteiger partial charge in [0.15, 0.2) is 0 Å². The van der Waals surface area contributed by atoms with E-state index in [9.17, 15) is 9.59 Å². The van der Waals surface area contributed by atoms with Crippen LogP contribution in [0.2, 0.25) is 0 Å². The molecule has 8 nitrogen and oxygen atoms in total. The lowest BCUT2D eigenvalue weighted by Gasteiger charge is -2.58. The standard InChI is InChI=1S/C40H68BrNO7/c1-29(2)7-6-8-30(3)34-11-12-35-33-10-9-31-27-32(13-16-39(31,4)36(33)14-17-40(34,35)5)49-38(44)15-19-45-21-23-47-25-26-48-24-22-46-20-18-42-37(43)28-41/h9,29-30,32-36H,6-8,10-28H2,1-5H3,(H,42,43)/t30-,32?,33+,34?,35+,36+,39+,40-/m1/s1. The van der Waals surface area contributed by atoms with Gasteiger partial charge in [0, 0.05) is 13.0 Å². The van der Waals surface area contributed by atoms with Crippen molar-refractivity contribution in [2.45, 2.75) is 118 Å². The van der Waals surface area contributed by atoms with Gasteiger partial charge in [0.1, 0.15) is 6.10 Å². The van der Waals surface area contributed by atoms with Gasteiger partial charge in [0.2, 0.25) is 5.91 Å². The first-order valence-electron chi connectivity index (χ1n) is 19.6. The van der Waals surface area contributed by atoms with Crippen molar-refractivity contribution in [3.05, 3.63) is 11.6 Å². The average molecular weight is 755 g/mol. The van der Waals surface area contributed by atoms with Crippen LogP contribution < -0.4 is 5.32 Å².